The Kier molecular flexibility index (Phi) is 22.8. The number of carbonyl (C=O) groups is 4. The van der Waals surface area contributed by atoms with E-state index in [0.717, 1.165) is 33.1 Å². The Hall–Kier alpha value is -9.54. The number of benzene rings is 10. The van der Waals surface area contributed by atoms with Crippen molar-refractivity contribution in [2.45, 2.75) is 87.0 Å². The topological polar surface area (TPSA) is 158 Å². The first kappa shape index (κ1) is 70.8. The van der Waals surface area contributed by atoms with Crippen molar-refractivity contribution in [2.24, 2.45) is 0 Å². The lowest BCUT2D eigenvalue weighted by Gasteiger charge is -2.26. The monoisotopic (exact) mass is 1320 g/mol. The molecule has 0 aliphatic heterocycles. The predicted octanol–water partition coefficient (Wildman–Crippen LogP) is 19.8. The lowest BCUT2D eigenvalue weighted by molar-refractivity contribution is 0.102. The molecule has 0 atom stereocenters. The molecule has 10 aromatic rings. The standard InChI is InChI=1S/C70H63O8P.C12H19O4P/c1-9-79(75,10-2)64-45-57(69(4,5)6)31-42-63(64)78-62-36-25-50(26-37-62)68(74)54-16-12-15-53(44-54)67(73)49-23-34-59(35-24-49)77-61-40-29-56(30-41-61)70(7,8)55-27-38-60(39-28-55)76-58-32-21-48(22-33-58)66(72)52-14-11-13-51(43-52)65(71)47-19-17-46(3)18-20-47;1-5-15-17(13,16-6-2)12-9-10(3)7-8-11(12)14-4/h11-45H,9-10H2,1-8H3;7-9H,5-6H2,1-4H3. The first-order valence-electron chi connectivity index (χ1n) is 32.2. The van der Waals surface area contributed by atoms with E-state index in [2.05, 4.69) is 34.6 Å². The van der Waals surface area contributed by atoms with Gasteiger partial charge < -0.3 is 32.6 Å². The van der Waals surface area contributed by atoms with Crippen LogP contribution in [0, 0.1) is 13.8 Å². The second-order valence-corrected chi connectivity index (χ2v) is 30.4. The number of aryl methyl sites for hydroxylation is 2. The number of ketones is 4. The Labute approximate surface area is 564 Å². The van der Waals surface area contributed by atoms with Gasteiger partial charge in [0.25, 0.3) is 0 Å². The summed E-state index contributed by atoms with van der Waals surface area (Å²) in [4.78, 5) is 54.0. The molecule has 0 aromatic heterocycles. The Balaban J connectivity index is 0.000000555. The van der Waals surface area contributed by atoms with Gasteiger partial charge in [-0.05, 0) is 189 Å². The van der Waals surface area contributed by atoms with Gasteiger partial charge in [-0.25, -0.2) is 0 Å². The lowest BCUT2D eigenvalue weighted by Crippen LogP contribution is -2.18. The average Bonchev–Trinajstić information content (AvgIpc) is 0.814. The molecule has 0 bridgehead atoms. The molecule has 0 amide bonds. The van der Waals surface area contributed by atoms with Crippen LogP contribution in [0.1, 0.15) is 154 Å². The van der Waals surface area contributed by atoms with Gasteiger partial charge in [0.2, 0.25) is 0 Å². The maximum absolute atomic E-state index is 14.0. The van der Waals surface area contributed by atoms with E-state index in [1.165, 1.54) is 7.11 Å². The summed E-state index contributed by atoms with van der Waals surface area (Å²) < 4.78 is 61.1. The van der Waals surface area contributed by atoms with Crippen LogP contribution >= 0.6 is 14.7 Å². The first-order chi connectivity index (χ1) is 45.9. The molecule has 12 nitrogen and oxygen atoms in total. The molecule has 492 valence electrons. The minimum Gasteiger partial charge on any atom is -0.496 e. The zero-order valence-electron chi connectivity index (χ0n) is 56.6. The molecular formula is C82H82O12P2. The third kappa shape index (κ3) is 16.9. The number of ether oxygens (including phenoxy) is 4. The van der Waals surface area contributed by atoms with E-state index >= 15 is 0 Å². The van der Waals surface area contributed by atoms with Crippen LogP contribution in [0.5, 0.6) is 40.2 Å². The van der Waals surface area contributed by atoms with Crippen LogP contribution in [0.15, 0.2) is 231 Å². The average molecular weight is 1320 g/mol. The Morgan fingerprint density at radius 3 is 1.04 bits per heavy atom. The van der Waals surface area contributed by atoms with Crippen molar-refractivity contribution in [2.75, 3.05) is 32.6 Å². The number of methoxy groups -OCH3 is 1. The Bertz CT molecular complexity index is 4470. The zero-order valence-corrected chi connectivity index (χ0v) is 58.3. The molecule has 96 heavy (non-hydrogen) atoms. The van der Waals surface area contributed by atoms with E-state index < -0.39 is 14.7 Å². The number of rotatable bonds is 25. The smallest absolute Gasteiger partial charge is 0.365 e. The van der Waals surface area contributed by atoms with Crippen molar-refractivity contribution in [3.63, 3.8) is 0 Å². The summed E-state index contributed by atoms with van der Waals surface area (Å²) in [5.41, 5.74) is 8.45. The quantitative estimate of drug-likeness (QED) is 0.0394. The SMILES string of the molecule is CCOP(=O)(OCC)c1cc(C)ccc1OC.CCP(=O)(CC)c1cc(C(C)(C)C)ccc1Oc1ccc(C(=O)c2cccc(C(=O)c3ccc(Oc4ccc(C(C)(C)c5ccc(Oc6ccc(C(=O)c7cccc(C(=O)c8ccc(C)cc8)c7)cc6)cc5)cc4)cc3)c2)cc1. The molecule has 0 saturated carbocycles. The van der Waals surface area contributed by atoms with Crippen molar-refractivity contribution in [3.05, 3.63) is 303 Å². The summed E-state index contributed by atoms with van der Waals surface area (Å²) in [5.74, 6) is 3.27. The molecule has 0 radical (unpaired) electrons. The predicted molar refractivity (Wildman–Crippen MR) is 384 cm³/mol. The van der Waals surface area contributed by atoms with Crippen LogP contribution in [0.3, 0.4) is 0 Å². The first-order valence-corrected chi connectivity index (χ1v) is 35.8. The van der Waals surface area contributed by atoms with Crippen LogP contribution in [0.4, 0.5) is 0 Å². The molecule has 0 aliphatic rings. The van der Waals surface area contributed by atoms with Gasteiger partial charge in [-0.2, -0.15) is 0 Å². The van der Waals surface area contributed by atoms with E-state index in [1.54, 1.807) is 159 Å². The van der Waals surface area contributed by atoms with Crippen LogP contribution in [0.2, 0.25) is 0 Å². The maximum Gasteiger partial charge on any atom is 0.365 e. The summed E-state index contributed by atoms with van der Waals surface area (Å²) >= 11 is 0. The minimum atomic E-state index is -3.28. The van der Waals surface area contributed by atoms with Gasteiger partial charge in [0, 0.05) is 62.2 Å². The van der Waals surface area contributed by atoms with Gasteiger partial charge in [0.1, 0.15) is 52.7 Å². The van der Waals surface area contributed by atoms with Crippen LogP contribution in [-0.4, -0.2) is 55.8 Å². The molecular weight excluding hydrogens is 1240 g/mol. The van der Waals surface area contributed by atoms with Crippen molar-refractivity contribution in [1.82, 2.24) is 0 Å². The lowest BCUT2D eigenvalue weighted by atomic mass is 9.78. The van der Waals surface area contributed by atoms with E-state index in [-0.39, 0.29) is 34.0 Å². The molecule has 0 fully saturated rings. The molecule has 0 saturated heterocycles. The van der Waals surface area contributed by atoms with Gasteiger partial charge in [-0.1, -0.05) is 151 Å². The molecule has 0 aliphatic carbocycles. The minimum absolute atomic E-state index is 0.118. The van der Waals surface area contributed by atoms with Crippen molar-refractivity contribution in [1.29, 1.82) is 0 Å². The summed E-state index contributed by atoms with van der Waals surface area (Å²) in [7, 11) is -4.42. The summed E-state index contributed by atoms with van der Waals surface area (Å²) in [6.07, 6.45) is 1.06. The van der Waals surface area contributed by atoms with Gasteiger partial charge in [-0.15, -0.1) is 0 Å². The Morgan fingerprint density at radius 2 is 0.688 bits per heavy atom. The van der Waals surface area contributed by atoms with Crippen molar-refractivity contribution >= 4 is 48.5 Å². The van der Waals surface area contributed by atoms with E-state index in [1.807, 2.05) is 113 Å². The number of hydrogen-bond donors (Lipinski definition) is 0. The van der Waals surface area contributed by atoms with Crippen molar-refractivity contribution in [3.8, 4) is 40.2 Å². The van der Waals surface area contributed by atoms with E-state index in [9.17, 15) is 28.3 Å². The molecule has 0 heterocycles. The molecule has 0 spiro atoms. The number of hydrogen-bond acceptors (Lipinski definition) is 12. The summed E-state index contributed by atoms with van der Waals surface area (Å²) in [6.45, 7) is 22.7. The largest absolute Gasteiger partial charge is 0.496 e. The summed E-state index contributed by atoms with van der Waals surface area (Å²) in [5, 5.41) is 1.23. The zero-order chi connectivity index (χ0) is 69.0. The van der Waals surface area contributed by atoms with E-state index in [0.29, 0.717) is 116 Å². The van der Waals surface area contributed by atoms with Gasteiger partial charge >= 0.3 is 7.60 Å². The van der Waals surface area contributed by atoms with Gasteiger partial charge in [0.15, 0.2) is 23.1 Å². The van der Waals surface area contributed by atoms with Gasteiger partial charge in [0.05, 0.1) is 25.6 Å². The van der Waals surface area contributed by atoms with Gasteiger partial charge in [-0.3, -0.25) is 23.7 Å². The number of carbonyl (C=O) groups excluding carboxylic acids is 4. The molecule has 14 heteroatoms. The van der Waals surface area contributed by atoms with Crippen LogP contribution in [0.25, 0.3) is 0 Å². The molecule has 0 N–H and O–H groups in total. The molecule has 0 unspecified atom stereocenters. The highest BCUT2D eigenvalue weighted by Crippen LogP contribution is 2.50. The second-order valence-electron chi connectivity index (χ2n) is 24.9. The van der Waals surface area contributed by atoms with Crippen molar-refractivity contribution < 1.29 is 56.3 Å². The Morgan fingerprint density at radius 1 is 0.354 bits per heavy atom. The maximum atomic E-state index is 14.0. The fraction of sp³-hybridized carbons (Fsp3) is 0.220. The highest BCUT2D eigenvalue weighted by atomic mass is 31.2. The van der Waals surface area contributed by atoms with Crippen LogP contribution < -0.4 is 29.6 Å². The molecule has 10 aromatic carbocycles. The highest BCUT2D eigenvalue weighted by Gasteiger charge is 2.32. The third-order valence-electron chi connectivity index (χ3n) is 16.8. The third-order valence-corrected chi connectivity index (χ3v) is 22.2. The molecule has 10 rings (SSSR count). The fourth-order valence-electron chi connectivity index (χ4n) is 10.9. The summed E-state index contributed by atoms with van der Waals surface area (Å²) in [6, 6.07) is 69.0. The van der Waals surface area contributed by atoms with E-state index in [4.69, 9.17) is 28.0 Å². The fourth-order valence-corrected chi connectivity index (χ4v) is 14.8. The second kappa shape index (κ2) is 30.9. The highest BCUT2D eigenvalue weighted by molar-refractivity contribution is 7.71. The normalized spacial score (nSPS) is 11.6. The van der Waals surface area contributed by atoms with Crippen LogP contribution in [-0.2, 0) is 29.0 Å².